The van der Waals surface area contributed by atoms with Crippen LogP contribution in [-0.4, -0.2) is 59.5 Å². The van der Waals surface area contributed by atoms with Crippen molar-refractivity contribution >= 4 is 11.8 Å². The van der Waals surface area contributed by atoms with Crippen molar-refractivity contribution < 1.29 is 19.2 Å². The minimum Gasteiger partial charge on any atom is -0.394 e. The van der Waals surface area contributed by atoms with E-state index in [2.05, 4.69) is 10.5 Å². The SMILES string of the molecule is CC(C)c1cc(NC(=O)CN2CC(CO)OCC2C)on1. The van der Waals surface area contributed by atoms with Gasteiger partial charge < -0.3 is 14.4 Å². The van der Waals surface area contributed by atoms with Gasteiger partial charge in [-0.05, 0) is 12.8 Å². The molecule has 1 aliphatic heterocycles. The summed E-state index contributed by atoms with van der Waals surface area (Å²) in [7, 11) is 0. The molecule has 2 unspecified atom stereocenters. The van der Waals surface area contributed by atoms with Crippen LogP contribution < -0.4 is 5.32 Å². The van der Waals surface area contributed by atoms with E-state index in [9.17, 15) is 4.79 Å². The summed E-state index contributed by atoms with van der Waals surface area (Å²) in [5, 5.41) is 15.7. The molecule has 0 radical (unpaired) electrons. The normalized spacial score (nSPS) is 23.5. The van der Waals surface area contributed by atoms with Crippen LogP contribution in [0.4, 0.5) is 5.88 Å². The van der Waals surface area contributed by atoms with Crippen molar-refractivity contribution in [2.75, 3.05) is 31.6 Å². The molecular weight excluding hydrogens is 274 g/mol. The Morgan fingerprint density at radius 1 is 1.62 bits per heavy atom. The van der Waals surface area contributed by atoms with E-state index >= 15 is 0 Å². The molecule has 2 heterocycles. The third-order valence-corrected chi connectivity index (χ3v) is 3.57. The number of hydrogen-bond acceptors (Lipinski definition) is 6. The Morgan fingerprint density at radius 2 is 2.38 bits per heavy atom. The molecule has 0 saturated carbocycles. The van der Waals surface area contributed by atoms with E-state index in [0.29, 0.717) is 19.0 Å². The summed E-state index contributed by atoms with van der Waals surface area (Å²) in [6.07, 6.45) is -0.230. The summed E-state index contributed by atoms with van der Waals surface area (Å²) in [4.78, 5) is 14.0. The zero-order chi connectivity index (χ0) is 15.4. The van der Waals surface area contributed by atoms with Crippen LogP contribution in [0, 0.1) is 0 Å². The third-order valence-electron chi connectivity index (χ3n) is 3.57. The van der Waals surface area contributed by atoms with Gasteiger partial charge in [0.2, 0.25) is 11.8 Å². The number of carbonyl (C=O) groups is 1. The summed E-state index contributed by atoms with van der Waals surface area (Å²) in [5.41, 5.74) is 0.811. The van der Waals surface area contributed by atoms with E-state index in [1.54, 1.807) is 6.07 Å². The van der Waals surface area contributed by atoms with Gasteiger partial charge in [0.25, 0.3) is 0 Å². The Balaban J connectivity index is 1.88. The number of nitrogens with zero attached hydrogens (tertiary/aromatic N) is 2. The number of aliphatic hydroxyl groups excluding tert-OH is 1. The standard InChI is InChI=1S/C14H23N3O4/c1-9(2)12-4-14(21-16-12)15-13(19)6-17-5-11(7-18)20-8-10(17)3/h4,9-11,18H,5-8H2,1-3H3,(H,15,19). The number of aliphatic hydroxyl groups is 1. The summed E-state index contributed by atoms with van der Waals surface area (Å²) < 4.78 is 10.5. The smallest absolute Gasteiger partial charge is 0.240 e. The highest BCUT2D eigenvalue weighted by Gasteiger charge is 2.27. The lowest BCUT2D eigenvalue weighted by molar-refractivity contribution is -0.123. The Hall–Kier alpha value is -1.44. The number of aromatic nitrogens is 1. The molecule has 1 aliphatic rings. The predicted octanol–water partition coefficient (Wildman–Crippen LogP) is 0.818. The number of ether oxygens (including phenoxy) is 1. The first-order valence-electron chi connectivity index (χ1n) is 7.22. The first kappa shape index (κ1) is 15.9. The van der Waals surface area contributed by atoms with Crippen LogP contribution in [0.3, 0.4) is 0 Å². The first-order chi connectivity index (χ1) is 9.99. The molecule has 1 aromatic heterocycles. The molecule has 1 fully saturated rings. The van der Waals surface area contributed by atoms with Gasteiger partial charge in [-0.25, -0.2) is 0 Å². The fourth-order valence-corrected chi connectivity index (χ4v) is 2.19. The maximum atomic E-state index is 12.1. The highest BCUT2D eigenvalue weighted by Crippen LogP contribution is 2.17. The molecule has 0 spiro atoms. The van der Waals surface area contributed by atoms with E-state index in [0.717, 1.165) is 5.69 Å². The lowest BCUT2D eigenvalue weighted by Crippen LogP contribution is -2.51. The van der Waals surface area contributed by atoms with E-state index < -0.39 is 0 Å². The van der Waals surface area contributed by atoms with Crippen LogP contribution in [0.15, 0.2) is 10.6 Å². The third kappa shape index (κ3) is 4.26. The van der Waals surface area contributed by atoms with E-state index in [1.165, 1.54) is 0 Å². The molecule has 1 aromatic rings. The van der Waals surface area contributed by atoms with Crippen LogP contribution in [0.2, 0.25) is 0 Å². The molecule has 0 aromatic carbocycles. The van der Waals surface area contributed by atoms with Gasteiger partial charge >= 0.3 is 0 Å². The molecule has 1 amide bonds. The van der Waals surface area contributed by atoms with Crippen molar-refractivity contribution in [3.05, 3.63) is 11.8 Å². The highest BCUT2D eigenvalue weighted by molar-refractivity contribution is 5.91. The van der Waals surface area contributed by atoms with Crippen molar-refractivity contribution in [3.8, 4) is 0 Å². The van der Waals surface area contributed by atoms with Crippen LogP contribution in [0.1, 0.15) is 32.4 Å². The number of rotatable bonds is 5. The van der Waals surface area contributed by atoms with Crippen molar-refractivity contribution in [2.24, 2.45) is 0 Å². The van der Waals surface area contributed by atoms with Gasteiger partial charge in [0.15, 0.2) is 0 Å². The van der Waals surface area contributed by atoms with E-state index in [4.69, 9.17) is 14.4 Å². The molecule has 118 valence electrons. The van der Waals surface area contributed by atoms with Gasteiger partial charge in [-0.2, -0.15) is 0 Å². The molecule has 7 heteroatoms. The number of anilines is 1. The summed E-state index contributed by atoms with van der Waals surface area (Å²) in [6, 6.07) is 1.88. The topological polar surface area (TPSA) is 87.8 Å². The van der Waals surface area contributed by atoms with Crippen LogP contribution in [0.25, 0.3) is 0 Å². The van der Waals surface area contributed by atoms with E-state index in [-0.39, 0.29) is 37.1 Å². The number of hydrogen-bond donors (Lipinski definition) is 2. The maximum absolute atomic E-state index is 12.1. The van der Waals surface area contributed by atoms with Crippen molar-refractivity contribution in [1.29, 1.82) is 0 Å². The molecule has 1 saturated heterocycles. The Morgan fingerprint density at radius 3 is 3.00 bits per heavy atom. The molecule has 7 nitrogen and oxygen atoms in total. The average Bonchev–Trinajstić information content (AvgIpc) is 2.90. The Kier molecular flexibility index (Phi) is 5.33. The Labute approximate surface area is 124 Å². The molecule has 0 aliphatic carbocycles. The second-order valence-corrected chi connectivity index (χ2v) is 5.74. The van der Waals surface area contributed by atoms with Gasteiger partial charge in [-0.1, -0.05) is 19.0 Å². The molecule has 2 N–H and O–H groups in total. The zero-order valence-corrected chi connectivity index (χ0v) is 12.7. The van der Waals surface area contributed by atoms with Gasteiger partial charge in [-0.15, -0.1) is 0 Å². The molecule has 0 bridgehead atoms. The number of nitrogens with one attached hydrogen (secondary N) is 1. The quantitative estimate of drug-likeness (QED) is 0.836. The second-order valence-electron chi connectivity index (χ2n) is 5.74. The largest absolute Gasteiger partial charge is 0.394 e. The van der Waals surface area contributed by atoms with E-state index in [1.807, 2.05) is 25.7 Å². The van der Waals surface area contributed by atoms with Gasteiger partial charge in [0.1, 0.15) is 0 Å². The van der Waals surface area contributed by atoms with Crippen LogP contribution >= 0.6 is 0 Å². The molecule has 2 rings (SSSR count). The number of morpholine rings is 1. The predicted molar refractivity (Wildman–Crippen MR) is 77.1 cm³/mol. The number of carbonyl (C=O) groups excluding carboxylic acids is 1. The highest BCUT2D eigenvalue weighted by atomic mass is 16.5. The van der Waals surface area contributed by atoms with Crippen LogP contribution in [0.5, 0.6) is 0 Å². The fourth-order valence-electron chi connectivity index (χ4n) is 2.19. The van der Waals surface area contributed by atoms with Crippen molar-refractivity contribution in [2.45, 2.75) is 38.8 Å². The summed E-state index contributed by atoms with van der Waals surface area (Å²) >= 11 is 0. The van der Waals surface area contributed by atoms with Crippen molar-refractivity contribution in [3.63, 3.8) is 0 Å². The zero-order valence-electron chi connectivity index (χ0n) is 12.7. The van der Waals surface area contributed by atoms with Gasteiger partial charge in [-0.3, -0.25) is 15.0 Å². The van der Waals surface area contributed by atoms with Crippen LogP contribution in [-0.2, 0) is 9.53 Å². The second kappa shape index (κ2) is 7.02. The lowest BCUT2D eigenvalue weighted by atomic mass is 10.1. The van der Waals surface area contributed by atoms with Gasteiger partial charge in [0, 0.05) is 18.7 Å². The fraction of sp³-hybridized carbons (Fsp3) is 0.714. The minimum atomic E-state index is -0.230. The lowest BCUT2D eigenvalue weighted by Gasteiger charge is -2.36. The van der Waals surface area contributed by atoms with Gasteiger partial charge in [0.05, 0.1) is 31.6 Å². The Bertz CT molecular complexity index is 475. The van der Waals surface area contributed by atoms with Crippen molar-refractivity contribution in [1.82, 2.24) is 10.1 Å². The maximum Gasteiger partial charge on any atom is 0.240 e. The number of amides is 1. The summed E-state index contributed by atoms with van der Waals surface area (Å²) in [6.45, 7) is 7.26. The molecular formula is C14H23N3O4. The minimum absolute atomic E-state index is 0.0370. The molecule has 2 atom stereocenters. The molecule has 21 heavy (non-hydrogen) atoms. The first-order valence-corrected chi connectivity index (χ1v) is 7.22. The summed E-state index contributed by atoms with van der Waals surface area (Å²) in [5.74, 6) is 0.458. The average molecular weight is 297 g/mol. The monoisotopic (exact) mass is 297 g/mol.